The fourth-order valence-electron chi connectivity index (χ4n) is 5.31. The summed E-state index contributed by atoms with van der Waals surface area (Å²) in [4.78, 5) is 14.7. The van der Waals surface area contributed by atoms with Crippen LogP contribution in [0.4, 0.5) is 0 Å². The van der Waals surface area contributed by atoms with Crippen LogP contribution in [-0.2, 0) is 12.8 Å². The van der Waals surface area contributed by atoms with Gasteiger partial charge in [-0.15, -0.1) is 15.0 Å². The van der Waals surface area contributed by atoms with Crippen molar-refractivity contribution < 1.29 is 15.0 Å². The molecule has 0 amide bonds. The van der Waals surface area contributed by atoms with Crippen LogP contribution in [0.1, 0.15) is 83.6 Å². The molecule has 0 unspecified atom stereocenters. The van der Waals surface area contributed by atoms with E-state index in [4.69, 9.17) is 0 Å². The Morgan fingerprint density at radius 1 is 0.780 bits per heavy atom. The second kappa shape index (κ2) is 12.8. The van der Waals surface area contributed by atoms with Crippen molar-refractivity contribution in [3.8, 4) is 17.2 Å². The van der Waals surface area contributed by atoms with Crippen LogP contribution in [0, 0.1) is 6.92 Å². The van der Waals surface area contributed by atoms with E-state index in [-0.39, 0.29) is 22.8 Å². The predicted octanol–water partition coefficient (Wildman–Crippen LogP) is 7.86. The number of hydrogen-bond donors (Lipinski definition) is 2. The van der Waals surface area contributed by atoms with Crippen molar-refractivity contribution in [3.63, 3.8) is 0 Å². The Morgan fingerprint density at radius 2 is 1.44 bits per heavy atom. The first-order valence-corrected chi connectivity index (χ1v) is 14.5. The maximum Gasteiger partial charge on any atom is 0.196 e. The fourth-order valence-corrected chi connectivity index (χ4v) is 5.31. The fraction of sp³-hybridized carbons (Fsp3) is 0.286. The number of carbonyl (C=O) groups is 1. The number of carbonyl (C=O) groups excluding carboxylic acids is 1. The number of aromatic hydroxyl groups is 2. The van der Waals surface area contributed by atoms with Gasteiger partial charge in [-0.2, -0.15) is 0 Å². The Hall–Kier alpha value is -4.45. The molecule has 210 valence electrons. The van der Waals surface area contributed by atoms with Gasteiger partial charge in [-0.05, 0) is 66.8 Å². The van der Waals surface area contributed by atoms with Crippen LogP contribution in [0.2, 0.25) is 0 Å². The van der Waals surface area contributed by atoms with Gasteiger partial charge in [-0.3, -0.25) is 4.79 Å². The number of benzene rings is 4. The van der Waals surface area contributed by atoms with Gasteiger partial charge in [-0.25, -0.2) is 0 Å². The van der Waals surface area contributed by atoms with Crippen molar-refractivity contribution in [2.45, 2.75) is 65.2 Å². The molecule has 0 bridgehead atoms. The zero-order valence-electron chi connectivity index (χ0n) is 23.8. The molecule has 0 atom stereocenters. The summed E-state index contributed by atoms with van der Waals surface area (Å²) in [5, 5.41) is 31.4. The molecule has 2 N–H and O–H groups in total. The maximum absolute atomic E-state index is 13.2. The Morgan fingerprint density at radius 3 is 2.15 bits per heavy atom. The second-order valence-corrected chi connectivity index (χ2v) is 10.8. The molecule has 6 nitrogen and oxygen atoms in total. The van der Waals surface area contributed by atoms with Crippen LogP contribution in [0.25, 0.3) is 16.7 Å². The number of phenolic OH excluding ortho intramolecular Hbond substituents is 2. The number of unbranched alkanes of at least 4 members (excludes halogenated alkanes) is 5. The number of phenols is 2. The first kappa shape index (κ1) is 28.1. The van der Waals surface area contributed by atoms with Gasteiger partial charge >= 0.3 is 0 Å². The lowest BCUT2D eigenvalue weighted by molar-refractivity contribution is 0.103. The number of aromatic nitrogens is 3. The standard InChI is InChI=1S/C35H37N3O3/c1-3-4-5-6-7-9-14-25-20-28(35(41)32(21-25)38-36-30-17-12-13-18-31(30)37-38)22-27-23-29(33(39)19-24(27)2)34(40)26-15-10-8-11-16-26/h8,10-13,15-21,23,39,41H,3-7,9,14,22H2,1-2H3. The molecule has 1 aromatic heterocycles. The van der Waals surface area contributed by atoms with Crippen LogP contribution in [0.3, 0.4) is 0 Å². The Labute approximate surface area is 241 Å². The summed E-state index contributed by atoms with van der Waals surface area (Å²) in [5.41, 5.74) is 6.37. The number of rotatable bonds is 12. The molecule has 5 aromatic rings. The Balaban J connectivity index is 1.50. The molecule has 41 heavy (non-hydrogen) atoms. The van der Waals surface area contributed by atoms with Gasteiger partial charge in [0.15, 0.2) is 5.78 Å². The molecule has 0 aliphatic heterocycles. The summed E-state index contributed by atoms with van der Waals surface area (Å²) in [5.74, 6) is -0.173. The van der Waals surface area contributed by atoms with Crippen LogP contribution < -0.4 is 0 Å². The van der Waals surface area contributed by atoms with Gasteiger partial charge in [0.2, 0.25) is 0 Å². The number of aryl methyl sites for hydroxylation is 2. The molecule has 0 radical (unpaired) electrons. The first-order chi connectivity index (χ1) is 19.9. The van der Waals surface area contributed by atoms with Crippen LogP contribution in [-0.4, -0.2) is 31.0 Å². The van der Waals surface area contributed by atoms with Gasteiger partial charge in [0.1, 0.15) is 28.2 Å². The van der Waals surface area contributed by atoms with Crippen molar-refractivity contribution in [1.29, 1.82) is 0 Å². The van der Waals surface area contributed by atoms with Gasteiger partial charge in [0.05, 0.1) is 5.56 Å². The summed E-state index contributed by atoms with van der Waals surface area (Å²) in [6.07, 6.45) is 8.50. The number of ketones is 1. The van der Waals surface area contributed by atoms with E-state index in [1.54, 1.807) is 36.4 Å². The molecule has 0 aliphatic rings. The number of nitrogens with zero attached hydrogens (tertiary/aromatic N) is 3. The second-order valence-electron chi connectivity index (χ2n) is 10.8. The highest BCUT2D eigenvalue weighted by atomic mass is 16.3. The molecule has 0 saturated carbocycles. The van der Waals surface area contributed by atoms with E-state index in [1.165, 1.54) is 30.5 Å². The summed E-state index contributed by atoms with van der Waals surface area (Å²) < 4.78 is 0. The van der Waals surface area contributed by atoms with Crippen molar-refractivity contribution in [3.05, 3.63) is 112 Å². The third-order valence-electron chi connectivity index (χ3n) is 7.67. The molecule has 0 fully saturated rings. The molecule has 6 heteroatoms. The van der Waals surface area contributed by atoms with Crippen molar-refractivity contribution in [1.82, 2.24) is 15.0 Å². The largest absolute Gasteiger partial charge is 0.507 e. The number of fused-ring (bicyclic) bond motifs is 1. The predicted molar refractivity (Wildman–Crippen MR) is 163 cm³/mol. The summed E-state index contributed by atoms with van der Waals surface area (Å²) in [6, 6.07) is 24.0. The summed E-state index contributed by atoms with van der Waals surface area (Å²) in [6.45, 7) is 4.13. The topological polar surface area (TPSA) is 88.2 Å². The van der Waals surface area contributed by atoms with Gasteiger partial charge in [0, 0.05) is 17.5 Å². The van der Waals surface area contributed by atoms with E-state index in [0.29, 0.717) is 17.7 Å². The van der Waals surface area contributed by atoms with Crippen LogP contribution in [0.15, 0.2) is 78.9 Å². The monoisotopic (exact) mass is 547 g/mol. The summed E-state index contributed by atoms with van der Waals surface area (Å²) >= 11 is 0. The highest BCUT2D eigenvalue weighted by molar-refractivity contribution is 6.10. The zero-order chi connectivity index (χ0) is 28.8. The minimum atomic E-state index is -0.237. The zero-order valence-corrected chi connectivity index (χ0v) is 23.8. The molecular weight excluding hydrogens is 510 g/mol. The number of hydrogen-bond acceptors (Lipinski definition) is 5. The molecular formula is C35H37N3O3. The molecule has 1 heterocycles. The lowest BCUT2D eigenvalue weighted by Crippen LogP contribution is -2.06. The van der Waals surface area contributed by atoms with Crippen LogP contribution in [0.5, 0.6) is 11.5 Å². The normalized spacial score (nSPS) is 11.3. The van der Waals surface area contributed by atoms with Gasteiger partial charge < -0.3 is 10.2 Å². The van der Waals surface area contributed by atoms with Crippen LogP contribution >= 0.6 is 0 Å². The highest BCUT2D eigenvalue weighted by Gasteiger charge is 2.19. The molecule has 0 saturated heterocycles. The molecule has 5 rings (SSSR count). The lowest BCUT2D eigenvalue weighted by Gasteiger charge is -2.15. The van der Waals surface area contributed by atoms with E-state index in [2.05, 4.69) is 23.2 Å². The molecule has 0 spiro atoms. The molecule has 0 aliphatic carbocycles. The van der Waals surface area contributed by atoms with E-state index in [0.717, 1.165) is 52.5 Å². The Kier molecular flexibility index (Phi) is 8.78. The van der Waals surface area contributed by atoms with E-state index in [9.17, 15) is 15.0 Å². The minimum Gasteiger partial charge on any atom is -0.507 e. The minimum absolute atomic E-state index is 0.0470. The van der Waals surface area contributed by atoms with Crippen molar-refractivity contribution in [2.75, 3.05) is 0 Å². The molecule has 4 aromatic carbocycles. The lowest BCUT2D eigenvalue weighted by atomic mass is 9.92. The van der Waals surface area contributed by atoms with Gasteiger partial charge in [0.25, 0.3) is 0 Å². The maximum atomic E-state index is 13.2. The average Bonchev–Trinajstić information content (AvgIpc) is 3.42. The van der Waals surface area contributed by atoms with Gasteiger partial charge in [-0.1, -0.05) is 87.6 Å². The SMILES string of the molecule is CCCCCCCCc1cc(Cc2cc(C(=O)c3ccccc3)c(O)cc2C)c(O)c(-n2nc3ccccc3n2)c1. The van der Waals surface area contributed by atoms with E-state index in [1.807, 2.05) is 43.3 Å². The van der Waals surface area contributed by atoms with E-state index >= 15 is 0 Å². The summed E-state index contributed by atoms with van der Waals surface area (Å²) in [7, 11) is 0. The van der Waals surface area contributed by atoms with Crippen molar-refractivity contribution in [2.24, 2.45) is 0 Å². The first-order valence-electron chi connectivity index (χ1n) is 14.5. The smallest absolute Gasteiger partial charge is 0.196 e. The third kappa shape index (κ3) is 6.49. The van der Waals surface area contributed by atoms with E-state index < -0.39 is 0 Å². The third-order valence-corrected chi connectivity index (χ3v) is 7.67. The van der Waals surface area contributed by atoms with Crippen molar-refractivity contribution >= 4 is 16.8 Å². The Bertz CT molecular complexity index is 1620. The highest BCUT2D eigenvalue weighted by Crippen LogP contribution is 2.33. The average molecular weight is 548 g/mol. The quantitative estimate of drug-likeness (QED) is 0.123.